The average molecular weight is 377 g/mol. The second-order valence-electron chi connectivity index (χ2n) is 6.06. The lowest BCUT2D eigenvalue weighted by molar-refractivity contribution is -0.176. The van der Waals surface area contributed by atoms with Gasteiger partial charge in [-0.3, -0.25) is 4.79 Å². The van der Waals surface area contributed by atoms with Crippen LogP contribution in [-0.4, -0.2) is 28.2 Å². The van der Waals surface area contributed by atoms with Crippen LogP contribution in [0.5, 0.6) is 0 Å². The Labute approximate surface area is 153 Å². The van der Waals surface area contributed by atoms with Gasteiger partial charge in [0.1, 0.15) is 12.4 Å². The Morgan fingerprint density at radius 2 is 1.85 bits per heavy atom. The van der Waals surface area contributed by atoms with Crippen molar-refractivity contribution in [1.29, 1.82) is 0 Å². The molecule has 0 spiro atoms. The summed E-state index contributed by atoms with van der Waals surface area (Å²) in [6, 6.07) is 13.9. The number of hydrogen-bond acceptors (Lipinski definition) is 3. The van der Waals surface area contributed by atoms with E-state index in [1.165, 1.54) is 0 Å². The number of imidazole rings is 1. The maximum Gasteiger partial charge on any atom is 0.411 e. The summed E-state index contributed by atoms with van der Waals surface area (Å²) in [6.45, 7) is -1.20. The molecule has 0 aliphatic heterocycles. The molecule has 3 aromatic rings. The number of carbonyl (C=O) groups excluding carboxylic acids is 1. The molecule has 1 amide bonds. The van der Waals surface area contributed by atoms with Gasteiger partial charge in [0, 0.05) is 12.6 Å². The fraction of sp³-hybridized carbons (Fsp3) is 0.263. The average Bonchev–Trinajstić information content (AvgIpc) is 2.95. The lowest BCUT2D eigenvalue weighted by atomic mass is 10.1. The number of halogens is 3. The number of hydrogen-bond donors (Lipinski definition) is 1. The molecule has 8 heteroatoms. The first-order valence-electron chi connectivity index (χ1n) is 8.25. The number of alkyl halides is 3. The lowest BCUT2D eigenvalue weighted by Gasteiger charge is -2.09. The third-order valence-corrected chi connectivity index (χ3v) is 4.04. The fourth-order valence-electron chi connectivity index (χ4n) is 2.65. The van der Waals surface area contributed by atoms with Gasteiger partial charge in [0.2, 0.25) is 0 Å². The van der Waals surface area contributed by atoms with Gasteiger partial charge in [0.25, 0.3) is 5.91 Å². The highest BCUT2D eigenvalue weighted by molar-refractivity contribution is 5.94. The molecular weight excluding hydrogens is 359 g/mol. The number of aryl methyl sites for hydroxylation is 1. The minimum Gasteiger partial charge on any atom is -0.367 e. The van der Waals surface area contributed by atoms with Crippen LogP contribution in [0.1, 0.15) is 21.7 Å². The number of nitrogens with zero attached hydrogens (tertiary/aromatic N) is 2. The second kappa shape index (κ2) is 7.79. The van der Waals surface area contributed by atoms with Crippen molar-refractivity contribution in [3.63, 3.8) is 0 Å². The molecule has 0 bridgehead atoms. The van der Waals surface area contributed by atoms with Gasteiger partial charge in [-0.1, -0.05) is 24.3 Å². The Morgan fingerprint density at radius 1 is 1.15 bits per heavy atom. The molecule has 0 saturated carbocycles. The molecule has 0 saturated heterocycles. The molecule has 0 aliphatic rings. The molecule has 0 radical (unpaired) electrons. The SMILES string of the molecule is Cn1c(CNC(=O)c2ccc(COCC(F)(F)F)cc2)nc2ccccc21. The molecule has 0 atom stereocenters. The number of aromatic nitrogens is 2. The number of ether oxygens (including phenoxy) is 1. The number of nitrogens with one attached hydrogen (secondary N) is 1. The summed E-state index contributed by atoms with van der Waals surface area (Å²) in [7, 11) is 1.88. The molecule has 0 unspecified atom stereocenters. The zero-order chi connectivity index (χ0) is 19.4. The Balaban J connectivity index is 1.57. The van der Waals surface area contributed by atoms with E-state index in [-0.39, 0.29) is 19.1 Å². The van der Waals surface area contributed by atoms with Crippen LogP contribution >= 0.6 is 0 Å². The van der Waals surface area contributed by atoms with Crippen molar-refractivity contribution < 1.29 is 22.7 Å². The van der Waals surface area contributed by atoms with E-state index < -0.39 is 12.8 Å². The van der Waals surface area contributed by atoms with Crippen molar-refractivity contribution in [3.8, 4) is 0 Å². The number of para-hydroxylation sites is 2. The van der Waals surface area contributed by atoms with Gasteiger partial charge in [-0.15, -0.1) is 0 Å². The van der Waals surface area contributed by atoms with Crippen molar-refractivity contribution in [2.24, 2.45) is 7.05 Å². The van der Waals surface area contributed by atoms with Crippen LogP contribution in [0, 0.1) is 0 Å². The van der Waals surface area contributed by atoms with E-state index in [4.69, 9.17) is 0 Å². The Morgan fingerprint density at radius 3 is 2.52 bits per heavy atom. The van der Waals surface area contributed by atoms with Gasteiger partial charge >= 0.3 is 6.18 Å². The van der Waals surface area contributed by atoms with Crippen molar-refractivity contribution in [2.75, 3.05) is 6.61 Å². The van der Waals surface area contributed by atoms with Gasteiger partial charge in [-0.2, -0.15) is 13.2 Å². The summed E-state index contributed by atoms with van der Waals surface area (Å²) in [5.41, 5.74) is 2.80. The Kier molecular flexibility index (Phi) is 5.46. The lowest BCUT2D eigenvalue weighted by Crippen LogP contribution is -2.24. The molecule has 1 N–H and O–H groups in total. The first-order valence-corrected chi connectivity index (χ1v) is 8.25. The van der Waals surface area contributed by atoms with E-state index in [1.54, 1.807) is 24.3 Å². The molecule has 5 nitrogen and oxygen atoms in total. The van der Waals surface area contributed by atoms with E-state index in [1.807, 2.05) is 35.9 Å². The van der Waals surface area contributed by atoms with Crippen molar-refractivity contribution >= 4 is 16.9 Å². The highest BCUT2D eigenvalue weighted by Gasteiger charge is 2.27. The van der Waals surface area contributed by atoms with Crippen LogP contribution in [-0.2, 0) is 24.9 Å². The summed E-state index contributed by atoms with van der Waals surface area (Å²) in [4.78, 5) is 16.8. The van der Waals surface area contributed by atoms with Gasteiger partial charge in [0.15, 0.2) is 0 Å². The van der Waals surface area contributed by atoms with E-state index in [0.29, 0.717) is 11.1 Å². The van der Waals surface area contributed by atoms with E-state index >= 15 is 0 Å². The van der Waals surface area contributed by atoms with E-state index in [2.05, 4.69) is 15.0 Å². The summed E-state index contributed by atoms with van der Waals surface area (Å²) in [5, 5.41) is 2.80. The van der Waals surface area contributed by atoms with Crippen molar-refractivity contribution in [3.05, 3.63) is 65.5 Å². The summed E-state index contributed by atoms with van der Waals surface area (Å²) in [6.07, 6.45) is -4.35. The molecule has 142 valence electrons. The normalized spacial score (nSPS) is 11.7. The first-order chi connectivity index (χ1) is 12.8. The van der Waals surface area contributed by atoms with Crippen LogP contribution in [0.4, 0.5) is 13.2 Å². The van der Waals surface area contributed by atoms with Gasteiger partial charge in [-0.25, -0.2) is 4.98 Å². The van der Waals surface area contributed by atoms with Crippen molar-refractivity contribution in [1.82, 2.24) is 14.9 Å². The highest BCUT2D eigenvalue weighted by atomic mass is 19.4. The predicted octanol–water partition coefficient (Wildman–Crippen LogP) is 3.58. The fourth-order valence-corrected chi connectivity index (χ4v) is 2.65. The Bertz CT molecular complexity index is 934. The maximum atomic E-state index is 12.3. The van der Waals surface area contributed by atoms with E-state index in [9.17, 15) is 18.0 Å². The molecule has 2 aromatic carbocycles. The zero-order valence-electron chi connectivity index (χ0n) is 14.6. The minimum absolute atomic E-state index is 0.165. The van der Waals surface area contributed by atoms with Crippen LogP contribution in [0.3, 0.4) is 0 Å². The number of benzene rings is 2. The topological polar surface area (TPSA) is 56.2 Å². The largest absolute Gasteiger partial charge is 0.411 e. The molecule has 27 heavy (non-hydrogen) atoms. The zero-order valence-corrected chi connectivity index (χ0v) is 14.6. The van der Waals surface area contributed by atoms with Crippen LogP contribution < -0.4 is 5.32 Å². The van der Waals surface area contributed by atoms with Crippen LogP contribution in [0.25, 0.3) is 11.0 Å². The number of carbonyl (C=O) groups is 1. The summed E-state index contributed by atoms with van der Waals surface area (Å²) >= 11 is 0. The van der Waals surface area contributed by atoms with E-state index in [0.717, 1.165) is 16.9 Å². The van der Waals surface area contributed by atoms with Crippen LogP contribution in [0.15, 0.2) is 48.5 Å². The molecule has 1 aromatic heterocycles. The molecule has 0 fully saturated rings. The third-order valence-electron chi connectivity index (χ3n) is 4.04. The maximum absolute atomic E-state index is 12.3. The standard InChI is InChI=1S/C19H18F3N3O2/c1-25-16-5-3-2-4-15(16)24-17(25)10-23-18(26)14-8-6-13(7-9-14)11-27-12-19(20,21)22/h2-9H,10-12H2,1H3,(H,23,26). The minimum atomic E-state index is -4.35. The van der Waals surface area contributed by atoms with Crippen molar-refractivity contribution in [2.45, 2.75) is 19.3 Å². The quantitative estimate of drug-likeness (QED) is 0.714. The number of amides is 1. The van der Waals surface area contributed by atoms with Gasteiger partial charge in [-0.05, 0) is 29.8 Å². The molecule has 1 heterocycles. The first kappa shape index (κ1) is 18.9. The summed E-state index contributed by atoms with van der Waals surface area (Å²) in [5.74, 6) is 0.437. The molecule has 0 aliphatic carbocycles. The number of rotatable bonds is 6. The highest BCUT2D eigenvalue weighted by Crippen LogP contribution is 2.16. The number of fused-ring (bicyclic) bond motifs is 1. The monoisotopic (exact) mass is 377 g/mol. The molecular formula is C19H18F3N3O2. The second-order valence-corrected chi connectivity index (χ2v) is 6.06. The predicted molar refractivity (Wildman–Crippen MR) is 94.0 cm³/mol. The van der Waals surface area contributed by atoms with Crippen LogP contribution in [0.2, 0.25) is 0 Å². The third kappa shape index (κ3) is 4.85. The Hall–Kier alpha value is -2.87. The summed E-state index contributed by atoms with van der Waals surface area (Å²) < 4.78 is 42.7. The van der Waals surface area contributed by atoms with Gasteiger partial charge < -0.3 is 14.6 Å². The smallest absolute Gasteiger partial charge is 0.367 e. The van der Waals surface area contributed by atoms with Gasteiger partial charge in [0.05, 0.1) is 24.2 Å². The molecule has 3 rings (SSSR count).